The van der Waals surface area contributed by atoms with E-state index in [1.807, 2.05) is 0 Å². The molecule has 0 amide bonds. The molecule has 28 heavy (non-hydrogen) atoms. The molecular weight excluding hydrogens is 426 g/mol. The van der Waals surface area contributed by atoms with Crippen molar-refractivity contribution in [2.24, 2.45) is 7.05 Å². The van der Waals surface area contributed by atoms with Crippen LogP contribution in [0.2, 0.25) is 0 Å². The highest BCUT2D eigenvalue weighted by molar-refractivity contribution is 7.87. The molecule has 0 spiro atoms. The highest BCUT2D eigenvalue weighted by Gasteiger charge is 2.49. The fourth-order valence-corrected chi connectivity index (χ4v) is 2.63. The predicted molar refractivity (Wildman–Crippen MR) is 79.6 cm³/mol. The maximum absolute atomic E-state index is 12.5. The number of aromatic nitrogens is 2. The minimum atomic E-state index is -6.12. The molecule has 15 heteroatoms. The molecule has 2 aromatic rings. The van der Waals surface area contributed by atoms with Gasteiger partial charge in [-0.1, -0.05) is 0 Å². The topological polar surface area (TPSA) is 108 Å². The summed E-state index contributed by atoms with van der Waals surface area (Å²) in [6, 6.07) is 0.996. The van der Waals surface area contributed by atoms with Gasteiger partial charge in [0, 0.05) is 12.6 Å². The lowest BCUT2D eigenvalue weighted by molar-refractivity contribution is -0.153. The molecule has 1 N–H and O–H groups in total. The van der Waals surface area contributed by atoms with E-state index in [2.05, 4.69) is 13.9 Å². The lowest BCUT2D eigenvalue weighted by Gasteiger charge is -2.11. The number of pyridine rings is 1. The summed E-state index contributed by atoms with van der Waals surface area (Å²) in [6.07, 6.45) is -4.86. The number of aryl methyl sites for hydroxylation is 2. The van der Waals surface area contributed by atoms with Gasteiger partial charge in [-0.2, -0.15) is 34.8 Å². The smallest absolute Gasteiger partial charge is 0.479 e. The fourth-order valence-electron chi connectivity index (χ4n) is 2.16. The van der Waals surface area contributed by atoms with E-state index in [9.17, 15) is 44.7 Å². The molecule has 0 radical (unpaired) electrons. The first kappa shape index (κ1) is 21.6. The van der Waals surface area contributed by atoms with Gasteiger partial charge in [0.1, 0.15) is 5.52 Å². The van der Waals surface area contributed by atoms with Gasteiger partial charge in [0.25, 0.3) is 0 Å². The standard InChI is InChI=1S/C13H10F6N2O6S/c1-5-3-6-7(20-10(5)27-28(24,25)13(17,18)19)9(26-4-12(14,15)16)8(11(22)23)21(6)2/h3H,4H2,1-2H3,(H,22,23). The highest BCUT2D eigenvalue weighted by Crippen LogP contribution is 2.36. The Bertz CT molecular complexity index is 1040. The Balaban J connectivity index is 2.69. The summed E-state index contributed by atoms with van der Waals surface area (Å²) in [4.78, 5) is 14.8. The Morgan fingerprint density at radius 3 is 2.29 bits per heavy atom. The second-order valence-electron chi connectivity index (χ2n) is 5.41. The van der Waals surface area contributed by atoms with Gasteiger partial charge in [0.15, 0.2) is 18.1 Å². The van der Waals surface area contributed by atoms with Crippen molar-refractivity contribution >= 4 is 27.1 Å². The number of carboxylic acid groups (broad SMARTS) is 1. The summed E-state index contributed by atoms with van der Waals surface area (Å²) in [7, 11) is -4.98. The third kappa shape index (κ3) is 4.07. The van der Waals surface area contributed by atoms with Gasteiger partial charge in [-0.3, -0.25) is 0 Å². The lowest BCUT2D eigenvalue weighted by Crippen LogP contribution is -2.28. The summed E-state index contributed by atoms with van der Waals surface area (Å²) in [5.74, 6) is -3.71. The summed E-state index contributed by atoms with van der Waals surface area (Å²) in [5, 5.41) is 9.22. The second kappa shape index (κ2) is 6.72. The summed E-state index contributed by atoms with van der Waals surface area (Å²) < 4.78 is 106. The van der Waals surface area contributed by atoms with Crippen LogP contribution in [0.25, 0.3) is 11.0 Å². The molecule has 0 bridgehead atoms. The minimum Gasteiger partial charge on any atom is -0.479 e. The molecule has 8 nitrogen and oxygen atoms in total. The summed E-state index contributed by atoms with van der Waals surface area (Å²) in [6.45, 7) is -0.809. The van der Waals surface area contributed by atoms with Gasteiger partial charge >= 0.3 is 27.8 Å². The molecule has 0 saturated carbocycles. The molecule has 0 fully saturated rings. The van der Waals surface area contributed by atoms with Crippen LogP contribution in [0, 0.1) is 6.92 Å². The first-order chi connectivity index (χ1) is 12.5. The van der Waals surface area contributed by atoms with Crippen LogP contribution >= 0.6 is 0 Å². The van der Waals surface area contributed by atoms with Gasteiger partial charge in [0.2, 0.25) is 5.88 Å². The predicted octanol–water partition coefficient (Wildman–Crippen LogP) is 2.75. The van der Waals surface area contributed by atoms with Gasteiger partial charge in [-0.05, 0) is 13.0 Å². The van der Waals surface area contributed by atoms with E-state index < -0.39 is 57.2 Å². The minimum absolute atomic E-state index is 0.135. The van der Waals surface area contributed by atoms with E-state index in [1.165, 1.54) is 0 Å². The molecule has 0 unspecified atom stereocenters. The molecule has 156 valence electrons. The number of halogens is 6. The molecule has 0 saturated heterocycles. The molecule has 0 aliphatic heterocycles. The first-order valence-electron chi connectivity index (χ1n) is 6.99. The van der Waals surface area contributed by atoms with Crippen LogP contribution in [0.4, 0.5) is 26.3 Å². The van der Waals surface area contributed by atoms with Crippen LogP contribution < -0.4 is 8.92 Å². The number of fused-ring (bicyclic) bond motifs is 1. The van der Waals surface area contributed by atoms with E-state index in [0.717, 1.165) is 24.6 Å². The fraction of sp³-hybridized carbons (Fsp3) is 0.385. The Labute approximate surface area is 152 Å². The zero-order valence-electron chi connectivity index (χ0n) is 13.8. The van der Waals surface area contributed by atoms with Crippen molar-refractivity contribution in [1.82, 2.24) is 9.55 Å². The third-order valence-corrected chi connectivity index (χ3v) is 4.27. The van der Waals surface area contributed by atoms with Crippen molar-refractivity contribution in [2.75, 3.05) is 6.61 Å². The van der Waals surface area contributed by atoms with Crippen LogP contribution in [0.5, 0.6) is 11.6 Å². The molecule has 0 atom stereocenters. The van der Waals surface area contributed by atoms with Crippen molar-refractivity contribution in [3.05, 3.63) is 17.3 Å². The second-order valence-corrected chi connectivity index (χ2v) is 6.94. The number of hydrogen-bond donors (Lipinski definition) is 1. The largest absolute Gasteiger partial charge is 0.534 e. The van der Waals surface area contributed by atoms with E-state index in [0.29, 0.717) is 0 Å². The van der Waals surface area contributed by atoms with Crippen LogP contribution in [0.3, 0.4) is 0 Å². The number of carboxylic acids is 1. The number of aromatic carboxylic acids is 1. The summed E-state index contributed by atoms with van der Waals surface area (Å²) >= 11 is 0. The molecule has 0 aliphatic rings. The Morgan fingerprint density at radius 1 is 1.25 bits per heavy atom. The molecule has 0 aromatic carbocycles. The zero-order valence-corrected chi connectivity index (χ0v) is 14.7. The van der Waals surface area contributed by atoms with E-state index in [1.54, 1.807) is 0 Å². The molecule has 2 rings (SSSR count). The maximum atomic E-state index is 12.5. The number of nitrogens with zero attached hydrogens (tertiary/aromatic N) is 2. The maximum Gasteiger partial charge on any atom is 0.534 e. The molecule has 2 aromatic heterocycles. The van der Waals surface area contributed by atoms with Crippen molar-refractivity contribution in [3.63, 3.8) is 0 Å². The number of rotatable bonds is 5. The first-order valence-corrected chi connectivity index (χ1v) is 8.39. The van der Waals surface area contributed by atoms with Crippen LogP contribution in [0.1, 0.15) is 16.1 Å². The van der Waals surface area contributed by atoms with Gasteiger partial charge in [-0.25, -0.2) is 9.78 Å². The van der Waals surface area contributed by atoms with Crippen LogP contribution in [0.15, 0.2) is 6.07 Å². The van der Waals surface area contributed by atoms with Gasteiger partial charge in [-0.15, -0.1) is 0 Å². The SMILES string of the molecule is Cc1cc2c(nc1OS(=O)(=O)C(F)(F)F)c(OCC(F)(F)F)c(C(=O)O)n2C. The van der Waals surface area contributed by atoms with Crippen molar-refractivity contribution in [3.8, 4) is 11.6 Å². The van der Waals surface area contributed by atoms with E-state index >= 15 is 0 Å². The Morgan fingerprint density at radius 2 is 1.82 bits per heavy atom. The van der Waals surface area contributed by atoms with Crippen molar-refractivity contribution < 1.29 is 53.6 Å². The zero-order chi connectivity index (χ0) is 21.7. The van der Waals surface area contributed by atoms with Crippen molar-refractivity contribution in [2.45, 2.75) is 18.6 Å². The Hall–Kier alpha value is -2.71. The third-order valence-electron chi connectivity index (χ3n) is 3.33. The molecule has 2 heterocycles. The van der Waals surface area contributed by atoms with Gasteiger partial charge < -0.3 is 18.6 Å². The number of alkyl halides is 6. The highest BCUT2D eigenvalue weighted by atomic mass is 32.2. The van der Waals surface area contributed by atoms with E-state index in [4.69, 9.17) is 0 Å². The molecular formula is C13H10F6N2O6S. The average Bonchev–Trinajstić information content (AvgIpc) is 2.75. The monoisotopic (exact) mass is 436 g/mol. The number of ether oxygens (including phenoxy) is 1. The van der Waals surface area contributed by atoms with Gasteiger partial charge in [0.05, 0.1) is 5.52 Å². The number of carbonyl (C=O) groups is 1. The van der Waals surface area contributed by atoms with E-state index in [-0.39, 0.29) is 11.1 Å². The molecule has 0 aliphatic carbocycles. The van der Waals surface area contributed by atoms with Crippen LogP contribution in [-0.4, -0.2) is 47.3 Å². The van der Waals surface area contributed by atoms with Crippen molar-refractivity contribution in [1.29, 1.82) is 0 Å². The number of hydrogen-bond acceptors (Lipinski definition) is 6. The Kier molecular flexibility index (Phi) is 5.18. The summed E-state index contributed by atoms with van der Waals surface area (Å²) in [5.41, 5.74) is -7.57. The quantitative estimate of drug-likeness (QED) is 0.436. The average molecular weight is 436 g/mol. The normalized spacial score (nSPS) is 13.0. The van der Waals surface area contributed by atoms with Crippen LogP contribution in [-0.2, 0) is 17.2 Å². The lowest BCUT2D eigenvalue weighted by atomic mass is 10.2.